The minimum Gasteiger partial charge on any atom is -0.300 e. The van der Waals surface area contributed by atoms with E-state index in [-0.39, 0.29) is 0 Å². The van der Waals surface area contributed by atoms with Gasteiger partial charge in [-0.3, -0.25) is 9.80 Å². The van der Waals surface area contributed by atoms with Crippen LogP contribution in [0.5, 0.6) is 0 Å². The smallest absolute Gasteiger partial charge is 0.0350 e. The first-order chi connectivity index (χ1) is 6.25. The number of hydrogen-bond acceptors (Lipinski definition) is 2. The fourth-order valence-electron chi connectivity index (χ4n) is 2.46. The second-order valence-electron chi connectivity index (χ2n) is 4.80. The van der Waals surface area contributed by atoms with Crippen LogP contribution in [0.1, 0.15) is 26.7 Å². The summed E-state index contributed by atoms with van der Waals surface area (Å²) in [6.45, 7) is 11.0. The molecule has 75 valence electrons. The maximum Gasteiger partial charge on any atom is 0.0350 e. The summed E-state index contributed by atoms with van der Waals surface area (Å²) >= 11 is 0. The molecule has 0 aliphatic carbocycles. The Balaban J connectivity index is 1.66. The summed E-state index contributed by atoms with van der Waals surface area (Å²) in [5.41, 5.74) is 0. The molecule has 2 rings (SSSR count). The highest BCUT2D eigenvalue weighted by Crippen LogP contribution is 2.20. The van der Waals surface area contributed by atoms with E-state index in [2.05, 4.69) is 23.6 Å². The van der Waals surface area contributed by atoms with Gasteiger partial charge in [0.15, 0.2) is 0 Å². The van der Waals surface area contributed by atoms with E-state index < -0.39 is 0 Å². The van der Waals surface area contributed by atoms with E-state index in [0.29, 0.717) is 0 Å². The number of rotatable bonds is 3. The zero-order valence-corrected chi connectivity index (χ0v) is 8.92. The Morgan fingerprint density at radius 2 is 1.77 bits per heavy atom. The molecule has 0 atom stereocenters. The Morgan fingerprint density at radius 1 is 1.15 bits per heavy atom. The molecule has 2 heteroatoms. The van der Waals surface area contributed by atoms with E-state index in [1.54, 1.807) is 5.92 Å². The summed E-state index contributed by atoms with van der Waals surface area (Å²) in [5.74, 6) is 1.54. The maximum atomic E-state index is 2.67. The molecule has 0 amide bonds. The van der Waals surface area contributed by atoms with E-state index in [9.17, 15) is 0 Å². The lowest BCUT2D eigenvalue weighted by molar-refractivity contribution is 0.0519. The highest BCUT2D eigenvalue weighted by molar-refractivity contribution is 4.94. The molecule has 0 saturated carbocycles. The van der Waals surface area contributed by atoms with Crippen LogP contribution in [-0.4, -0.2) is 48.6 Å². The fourth-order valence-corrected chi connectivity index (χ4v) is 2.46. The molecule has 13 heavy (non-hydrogen) atoms. The van der Waals surface area contributed by atoms with Gasteiger partial charge >= 0.3 is 0 Å². The molecule has 2 aliphatic rings. The van der Waals surface area contributed by atoms with E-state index in [1.165, 1.54) is 45.6 Å². The molecule has 2 fully saturated rings. The van der Waals surface area contributed by atoms with E-state index in [4.69, 9.17) is 0 Å². The third kappa shape index (κ3) is 2.23. The van der Waals surface area contributed by atoms with E-state index in [0.717, 1.165) is 6.04 Å². The lowest BCUT2D eigenvalue weighted by Gasteiger charge is -2.44. The van der Waals surface area contributed by atoms with Gasteiger partial charge < -0.3 is 0 Å². The zero-order valence-electron chi connectivity index (χ0n) is 8.92. The average Bonchev–Trinajstić information content (AvgIpc) is 2.46. The molecule has 0 unspecified atom stereocenters. The van der Waals surface area contributed by atoms with Crippen LogP contribution in [0.4, 0.5) is 0 Å². The molecule has 2 saturated heterocycles. The molecular weight excluding hydrogens is 160 g/mol. The summed E-state index contributed by atoms with van der Waals surface area (Å²) < 4.78 is 0. The fraction of sp³-hybridized carbons (Fsp3) is 0.909. The molecule has 0 spiro atoms. The third-order valence-electron chi connectivity index (χ3n) is 3.13. The molecule has 0 bridgehead atoms. The van der Waals surface area contributed by atoms with Gasteiger partial charge in [-0.05, 0) is 31.8 Å². The van der Waals surface area contributed by atoms with Crippen LogP contribution < -0.4 is 0 Å². The molecule has 0 N–H and O–H groups in total. The van der Waals surface area contributed by atoms with Crippen LogP contribution in [0.3, 0.4) is 0 Å². The second kappa shape index (κ2) is 3.97. The van der Waals surface area contributed by atoms with E-state index >= 15 is 0 Å². The van der Waals surface area contributed by atoms with Crippen molar-refractivity contribution in [1.82, 2.24) is 9.80 Å². The van der Waals surface area contributed by atoms with Crippen molar-refractivity contribution in [1.29, 1.82) is 0 Å². The molecule has 2 heterocycles. The summed E-state index contributed by atoms with van der Waals surface area (Å²) in [6, 6.07) is 0.891. The first-order valence-corrected chi connectivity index (χ1v) is 5.51. The van der Waals surface area contributed by atoms with Gasteiger partial charge in [-0.1, -0.05) is 13.8 Å². The van der Waals surface area contributed by atoms with Crippen molar-refractivity contribution in [3.63, 3.8) is 0 Å². The third-order valence-corrected chi connectivity index (χ3v) is 3.13. The lowest BCUT2D eigenvalue weighted by Crippen LogP contribution is -2.59. The van der Waals surface area contributed by atoms with Crippen LogP contribution >= 0.6 is 0 Å². The Bertz CT molecular complexity index is 155. The van der Waals surface area contributed by atoms with Gasteiger partial charge in [0.05, 0.1) is 0 Å². The van der Waals surface area contributed by atoms with Crippen molar-refractivity contribution in [3.05, 3.63) is 5.92 Å². The Morgan fingerprint density at radius 3 is 2.31 bits per heavy atom. The number of hydrogen-bond donors (Lipinski definition) is 0. The minimum atomic E-state index is 0.891. The van der Waals surface area contributed by atoms with Crippen molar-refractivity contribution in [3.8, 4) is 0 Å². The first-order valence-electron chi connectivity index (χ1n) is 5.51. The molecule has 0 aromatic heterocycles. The monoisotopic (exact) mass is 181 g/mol. The number of likely N-dealkylation sites (tertiary alicyclic amines) is 2. The van der Waals surface area contributed by atoms with Crippen molar-refractivity contribution in [2.75, 3.05) is 32.7 Å². The van der Waals surface area contributed by atoms with Crippen LogP contribution in [0.15, 0.2) is 0 Å². The van der Waals surface area contributed by atoms with Gasteiger partial charge in [-0.25, -0.2) is 0 Å². The lowest BCUT2D eigenvalue weighted by atomic mass is 10.1. The average molecular weight is 181 g/mol. The first kappa shape index (κ1) is 9.47. The minimum absolute atomic E-state index is 0.891. The maximum absolute atomic E-state index is 2.67. The molecule has 2 aliphatic heterocycles. The molecule has 0 aromatic rings. The predicted octanol–water partition coefficient (Wildman–Crippen LogP) is 1.38. The normalized spacial score (nSPS) is 27.0. The van der Waals surface area contributed by atoms with Gasteiger partial charge in [-0.2, -0.15) is 0 Å². The summed E-state index contributed by atoms with van der Waals surface area (Å²) in [4.78, 5) is 5.22. The van der Waals surface area contributed by atoms with Gasteiger partial charge in [0.1, 0.15) is 0 Å². The molecule has 1 radical (unpaired) electrons. The second-order valence-corrected chi connectivity index (χ2v) is 4.80. The van der Waals surface area contributed by atoms with Gasteiger partial charge in [-0.15, -0.1) is 0 Å². The summed E-state index contributed by atoms with van der Waals surface area (Å²) in [6.07, 6.45) is 2.85. The largest absolute Gasteiger partial charge is 0.300 e. The van der Waals surface area contributed by atoms with Crippen LogP contribution in [0.2, 0.25) is 0 Å². The molecular formula is C11H21N2. The van der Waals surface area contributed by atoms with Crippen LogP contribution in [0.25, 0.3) is 0 Å². The Kier molecular flexibility index (Phi) is 2.89. The van der Waals surface area contributed by atoms with Crippen molar-refractivity contribution in [2.24, 2.45) is 0 Å². The van der Waals surface area contributed by atoms with Crippen molar-refractivity contribution < 1.29 is 0 Å². The Labute approximate surface area is 81.9 Å². The SMILES string of the molecule is C[C](C)CN1CC(N2CCCC2)C1. The standard InChI is InChI=1S/C11H21N2/c1-10(2)7-12-8-11(9-12)13-5-3-4-6-13/h11H,3-9H2,1-2H3. The highest BCUT2D eigenvalue weighted by Gasteiger charge is 2.32. The number of nitrogens with zero attached hydrogens (tertiary/aromatic N) is 2. The van der Waals surface area contributed by atoms with E-state index in [1.807, 2.05) is 0 Å². The zero-order chi connectivity index (χ0) is 9.26. The highest BCUT2D eigenvalue weighted by atomic mass is 15.3. The summed E-state index contributed by atoms with van der Waals surface area (Å²) in [5, 5.41) is 0. The van der Waals surface area contributed by atoms with Gasteiger partial charge in [0, 0.05) is 25.7 Å². The predicted molar refractivity (Wildman–Crippen MR) is 55.6 cm³/mol. The topological polar surface area (TPSA) is 6.48 Å². The van der Waals surface area contributed by atoms with Crippen LogP contribution in [-0.2, 0) is 0 Å². The van der Waals surface area contributed by atoms with Crippen molar-refractivity contribution in [2.45, 2.75) is 32.7 Å². The summed E-state index contributed by atoms with van der Waals surface area (Å²) in [7, 11) is 0. The quantitative estimate of drug-likeness (QED) is 0.649. The Hall–Kier alpha value is -0.0800. The van der Waals surface area contributed by atoms with Gasteiger partial charge in [0.25, 0.3) is 0 Å². The molecule has 0 aromatic carbocycles. The van der Waals surface area contributed by atoms with Crippen LogP contribution in [0, 0.1) is 5.92 Å². The van der Waals surface area contributed by atoms with Crippen molar-refractivity contribution >= 4 is 0 Å². The van der Waals surface area contributed by atoms with Gasteiger partial charge in [0.2, 0.25) is 0 Å². The molecule has 2 nitrogen and oxygen atoms in total.